The highest BCUT2D eigenvalue weighted by Crippen LogP contribution is 2.07. The van der Waals surface area contributed by atoms with Crippen molar-refractivity contribution in [2.45, 2.75) is 32.9 Å². The van der Waals surface area contributed by atoms with Gasteiger partial charge in [-0.1, -0.05) is 32.0 Å². The molecule has 124 valence electrons. The lowest BCUT2D eigenvalue weighted by molar-refractivity contribution is 0.206. The second-order valence-electron chi connectivity index (χ2n) is 5.96. The molecule has 1 heterocycles. The van der Waals surface area contributed by atoms with Crippen molar-refractivity contribution >= 4 is 6.03 Å². The van der Waals surface area contributed by atoms with Crippen molar-refractivity contribution < 1.29 is 9.90 Å². The lowest BCUT2D eigenvalue weighted by Gasteiger charge is -2.18. The Hall–Kier alpha value is -2.34. The van der Waals surface area contributed by atoms with E-state index in [4.69, 9.17) is 0 Å². The van der Waals surface area contributed by atoms with Crippen molar-refractivity contribution in [3.63, 3.8) is 0 Å². The molecule has 1 atom stereocenters. The van der Waals surface area contributed by atoms with Gasteiger partial charge in [-0.15, -0.1) is 0 Å². The number of hydrogen-bond donors (Lipinski definition) is 3. The van der Waals surface area contributed by atoms with Crippen LogP contribution in [0.2, 0.25) is 0 Å². The molecule has 0 aliphatic rings. The van der Waals surface area contributed by atoms with E-state index in [9.17, 15) is 9.90 Å². The summed E-state index contributed by atoms with van der Waals surface area (Å²) >= 11 is 0. The standard InChI is InChI=1S/C17H24N4O2/c1-13(2)8-15(12-22)20-17(23)18-9-14-10-19-21(11-14)16-6-4-3-5-7-16/h3-7,10-11,13,15,22H,8-9,12H2,1-2H3,(H2,18,20,23). The molecule has 2 aromatic rings. The number of aliphatic hydroxyl groups is 1. The summed E-state index contributed by atoms with van der Waals surface area (Å²) in [4.78, 5) is 11.9. The van der Waals surface area contributed by atoms with Gasteiger partial charge >= 0.3 is 6.03 Å². The van der Waals surface area contributed by atoms with E-state index in [0.29, 0.717) is 12.5 Å². The molecule has 2 amide bonds. The fourth-order valence-corrected chi connectivity index (χ4v) is 2.34. The van der Waals surface area contributed by atoms with Crippen molar-refractivity contribution in [3.05, 3.63) is 48.3 Å². The monoisotopic (exact) mass is 316 g/mol. The van der Waals surface area contributed by atoms with E-state index >= 15 is 0 Å². The van der Waals surface area contributed by atoms with Crippen LogP contribution in [0.25, 0.3) is 5.69 Å². The fourth-order valence-electron chi connectivity index (χ4n) is 2.34. The Bertz CT molecular complexity index is 610. The molecule has 1 aromatic carbocycles. The molecule has 0 bridgehead atoms. The van der Waals surface area contributed by atoms with Crippen LogP contribution < -0.4 is 10.6 Å². The number of rotatable bonds is 7. The number of urea groups is 1. The Kier molecular flexibility index (Phi) is 6.17. The number of hydrogen-bond acceptors (Lipinski definition) is 3. The van der Waals surface area contributed by atoms with Gasteiger partial charge in [-0.2, -0.15) is 5.10 Å². The number of nitrogens with one attached hydrogen (secondary N) is 2. The maximum atomic E-state index is 11.9. The van der Waals surface area contributed by atoms with Crippen LogP contribution in [0.15, 0.2) is 42.7 Å². The summed E-state index contributed by atoms with van der Waals surface area (Å²) in [5, 5.41) is 19.1. The quantitative estimate of drug-likeness (QED) is 0.732. The van der Waals surface area contributed by atoms with E-state index in [-0.39, 0.29) is 18.7 Å². The topological polar surface area (TPSA) is 79.2 Å². The van der Waals surface area contributed by atoms with Crippen molar-refractivity contribution in [1.82, 2.24) is 20.4 Å². The lowest BCUT2D eigenvalue weighted by atomic mass is 10.0. The van der Waals surface area contributed by atoms with E-state index in [1.807, 2.05) is 36.5 Å². The number of para-hydroxylation sites is 1. The van der Waals surface area contributed by atoms with E-state index in [0.717, 1.165) is 17.7 Å². The van der Waals surface area contributed by atoms with Gasteiger partial charge in [0.1, 0.15) is 0 Å². The molecule has 6 nitrogen and oxygen atoms in total. The zero-order valence-corrected chi connectivity index (χ0v) is 13.6. The van der Waals surface area contributed by atoms with Crippen molar-refractivity contribution in [2.75, 3.05) is 6.61 Å². The van der Waals surface area contributed by atoms with Crippen molar-refractivity contribution in [3.8, 4) is 5.69 Å². The highest BCUT2D eigenvalue weighted by Gasteiger charge is 2.12. The first-order valence-corrected chi connectivity index (χ1v) is 7.82. The minimum atomic E-state index is -0.280. The first kappa shape index (κ1) is 17.0. The predicted molar refractivity (Wildman–Crippen MR) is 89.3 cm³/mol. The van der Waals surface area contributed by atoms with Gasteiger partial charge in [-0.25, -0.2) is 9.48 Å². The number of aliphatic hydroxyl groups excluding tert-OH is 1. The summed E-state index contributed by atoms with van der Waals surface area (Å²) < 4.78 is 1.77. The lowest BCUT2D eigenvalue weighted by Crippen LogP contribution is -2.44. The summed E-state index contributed by atoms with van der Waals surface area (Å²) in [5.74, 6) is 0.413. The Labute approximate surface area is 136 Å². The van der Waals surface area contributed by atoms with Crippen molar-refractivity contribution in [1.29, 1.82) is 0 Å². The van der Waals surface area contributed by atoms with Crippen LogP contribution in [0, 0.1) is 5.92 Å². The van der Waals surface area contributed by atoms with E-state index < -0.39 is 0 Å². The first-order chi connectivity index (χ1) is 11.1. The third kappa shape index (κ3) is 5.41. The molecule has 2 rings (SSSR count). The maximum Gasteiger partial charge on any atom is 0.315 e. The SMILES string of the molecule is CC(C)CC(CO)NC(=O)NCc1cnn(-c2ccccc2)c1. The molecule has 0 saturated heterocycles. The molecular weight excluding hydrogens is 292 g/mol. The zero-order valence-electron chi connectivity index (χ0n) is 13.6. The Balaban J connectivity index is 1.84. The third-order valence-electron chi connectivity index (χ3n) is 3.42. The molecule has 0 aliphatic heterocycles. The van der Waals surface area contributed by atoms with Crippen LogP contribution >= 0.6 is 0 Å². The summed E-state index contributed by atoms with van der Waals surface area (Å²) in [6, 6.07) is 9.29. The molecule has 0 fully saturated rings. The van der Waals surface area contributed by atoms with Gasteiger partial charge in [0.2, 0.25) is 0 Å². The summed E-state index contributed by atoms with van der Waals surface area (Å²) in [6.07, 6.45) is 4.36. The number of carbonyl (C=O) groups is 1. The Morgan fingerprint density at radius 3 is 2.70 bits per heavy atom. The van der Waals surface area contributed by atoms with Crippen LogP contribution in [-0.2, 0) is 6.54 Å². The van der Waals surface area contributed by atoms with Crippen molar-refractivity contribution in [2.24, 2.45) is 5.92 Å². The smallest absolute Gasteiger partial charge is 0.315 e. The molecule has 3 N–H and O–H groups in total. The largest absolute Gasteiger partial charge is 0.394 e. The second kappa shape index (κ2) is 8.33. The molecule has 23 heavy (non-hydrogen) atoms. The minimum Gasteiger partial charge on any atom is -0.394 e. The van der Waals surface area contributed by atoms with Gasteiger partial charge in [-0.3, -0.25) is 0 Å². The number of nitrogens with zero attached hydrogens (tertiary/aromatic N) is 2. The molecule has 0 saturated carbocycles. The molecule has 1 unspecified atom stereocenters. The van der Waals surface area contributed by atoms with Crippen LogP contribution in [0.1, 0.15) is 25.8 Å². The maximum absolute atomic E-state index is 11.9. The Morgan fingerprint density at radius 1 is 1.30 bits per heavy atom. The first-order valence-electron chi connectivity index (χ1n) is 7.82. The van der Waals surface area contributed by atoms with E-state index in [1.165, 1.54) is 0 Å². The fraction of sp³-hybridized carbons (Fsp3) is 0.412. The summed E-state index contributed by atoms with van der Waals surface area (Å²) in [7, 11) is 0. The highest BCUT2D eigenvalue weighted by molar-refractivity contribution is 5.74. The Morgan fingerprint density at radius 2 is 2.04 bits per heavy atom. The van der Waals surface area contributed by atoms with Gasteiger partial charge in [0.15, 0.2) is 0 Å². The van der Waals surface area contributed by atoms with Gasteiger partial charge in [0.05, 0.1) is 24.5 Å². The molecule has 1 aromatic heterocycles. The highest BCUT2D eigenvalue weighted by atomic mass is 16.3. The van der Waals surface area contributed by atoms with Crippen LogP contribution in [0.3, 0.4) is 0 Å². The van der Waals surface area contributed by atoms with Crippen LogP contribution in [0.4, 0.5) is 4.79 Å². The van der Waals surface area contributed by atoms with Gasteiger partial charge in [-0.05, 0) is 24.5 Å². The van der Waals surface area contributed by atoms with E-state index in [1.54, 1.807) is 10.9 Å². The average Bonchev–Trinajstić information content (AvgIpc) is 3.01. The van der Waals surface area contributed by atoms with E-state index in [2.05, 4.69) is 29.6 Å². The normalized spacial score (nSPS) is 12.2. The number of aromatic nitrogens is 2. The number of benzene rings is 1. The summed E-state index contributed by atoms with van der Waals surface area (Å²) in [6.45, 7) is 4.44. The van der Waals surface area contributed by atoms with Gasteiger partial charge < -0.3 is 15.7 Å². The second-order valence-corrected chi connectivity index (χ2v) is 5.96. The van der Waals surface area contributed by atoms with Crippen LogP contribution in [0.5, 0.6) is 0 Å². The molecule has 6 heteroatoms. The average molecular weight is 316 g/mol. The van der Waals surface area contributed by atoms with Gasteiger partial charge in [0.25, 0.3) is 0 Å². The van der Waals surface area contributed by atoms with Gasteiger partial charge in [0, 0.05) is 18.3 Å². The molecule has 0 spiro atoms. The number of amides is 2. The number of carbonyl (C=O) groups excluding carboxylic acids is 1. The summed E-state index contributed by atoms with van der Waals surface area (Å²) in [5.41, 5.74) is 1.88. The van der Waals surface area contributed by atoms with Crippen LogP contribution in [-0.4, -0.2) is 33.6 Å². The molecule has 0 aliphatic carbocycles. The molecular formula is C17H24N4O2. The predicted octanol–water partition coefficient (Wildman–Crippen LogP) is 2.08. The zero-order chi connectivity index (χ0) is 16.7. The molecule has 0 radical (unpaired) electrons. The minimum absolute atomic E-state index is 0.0580. The third-order valence-corrected chi connectivity index (χ3v) is 3.42.